The van der Waals surface area contributed by atoms with Crippen LogP contribution in [0.5, 0.6) is 0 Å². The number of nitrogens with one attached hydrogen (secondary N) is 1. The molecule has 0 atom stereocenters. The Morgan fingerprint density at radius 1 is 1.44 bits per heavy atom. The van der Waals surface area contributed by atoms with Gasteiger partial charge in [0, 0.05) is 11.8 Å². The van der Waals surface area contributed by atoms with E-state index in [1.165, 1.54) is 15.9 Å². The molecule has 0 aliphatic carbocycles. The van der Waals surface area contributed by atoms with Gasteiger partial charge >= 0.3 is 0 Å². The predicted molar refractivity (Wildman–Crippen MR) is 68.7 cm³/mol. The van der Waals surface area contributed by atoms with Crippen molar-refractivity contribution in [1.82, 2.24) is 14.8 Å². The predicted octanol–water partition coefficient (Wildman–Crippen LogP) is 0.955. The standard InChI is InChI=1S/C11H12N4O2S/c1-7-4-3-5-15(10(7)17)6-9(16)12-11-14-13-8(2)18-11/h3-5H,6H2,1-2H3,(H,12,14,16). The number of carbonyl (C=O) groups is 1. The Kier molecular flexibility index (Phi) is 3.52. The fourth-order valence-corrected chi connectivity index (χ4v) is 2.05. The van der Waals surface area contributed by atoms with E-state index < -0.39 is 0 Å². The average Bonchev–Trinajstić information content (AvgIpc) is 2.70. The number of nitrogens with zero attached hydrogens (tertiary/aromatic N) is 3. The summed E-state index contributed by atoms with van der Waals surface area (Å²) < 4.78 is 1.36. The molecule has 1 amide bonds. The number of aromatic nitrogens is 3. The molecule has 0 unspecified atom stereocenters. The van der Waals surface area contributed by atoms with Gasteiger partial charge in [-0.2, -0.15) is 0 Å². The molecule has 2 heterocycles. The lowest BCUT2D eigenvalue weighted by Gasteiger charge is -2.05. The fraction of sp³-hybridized carbons (Fsp3) is 0.273. The zero-order valence-electron chi connectivity index (χ0n) is 10.0. The third kappa shape index (κ3) is 2.80. The van der Waals surface area contributed by atoms with Crippen LogP contribution in [-0.2, 0) is 11.3 Å². The van der Waals surface area contributed by atoms with Crippen molar-refractivity contribution in [3.8, 4) is 0 Å². The van der Waals surface area contributed by atoms with Crippen LogP contribution in [-0.4, -0.2) is 20.7 Å². The normalized spacial score (nSPS) is 10.3. The first-order valence-corrected chi connectivity index (χ1v) is 6.14. The van der Waals surface area contributed by atoms with Crippen molar-refractivity contribution in [1.29, 1.82) is 0 Å². The second kappa shape index (κ2) is 5.09. The van der Waals surface area contributed by atoms with Crippen molar-refractivity contribution in [2.24, 2.45) is 0 Å². The second-order valence-electron chi connectivity index (χ2n) is 3.80. The molecule has 2 aromatic rings. The van der Waals surface area contributed by atoms with Gasteiger partial charge in [-0.3, -0.25) is 14.9 Å². The third-order valence-electron chi connectivity index (χ3n) is 2.30. The number of hydrogen-bond donors (Lipinski definition) is 1. The number of carbonyl (C=O) groups excluding carboxylic acids is 1. The largest absolute Gasteiger partial charge is 0.306 e. The van der Waals surface area contributed by atoms with Crippen LogP contribution in [0.4, 0.5) is 5.13 Å². The lowest BCUT2D eigenvalue weighted by molar-refractivity contribution is -0.116. The molecule has 1 N–H and O–H groups in total. The van der Waals surface area contributed by atoms with Crippen LogP contribution >= 0.6 is 11.3 Å². The van der Waals surface area contributed by atoms with Crippen LogP contribution in [0.15, 0.2) is 23.1 Å². The Morgan fingerprint density at radius 2 is 2.22 bits per heavy atom. The van der Waals surface area contributed by atoms with E-state index in [1.54, 1.807) is 32.2 Å². The first-order valence-electron chi connectivity index (χ1n) is 5.32. The third-order valence-corrected chi connectivity index (χ3v) is 3.05. The van der Waals surface area contributed by atoms with Crippen molar-refractivity contribution in [3.05, 3.63) is 39.3 Å². The van der Waals surface area contributed by atoms with Gasteiger partial charge in [0.1, 0.15) is 11.6 Å². The SMILES string of the molecule is Cc1nnc(NC(=O)Cn2cccc(C)c2=O)s1. The summed E-state index contributed by atoms with van der Waals surface area (Å²) in [6, 6.07) is 3.45. The van der Waals surface area contributed by atoms with Crippen molar-refractivity contribution in [2.45, 2.75) is 20.4 Å². The molecule has 94 valence electrons. The molecular weight excluding hydrogens is 252 g/mol. The van der Waals surface area contributed by atoms with Gasteiger partial charge in [-0.25, -0.2) is 0 Å². The number of amides is 1. The summed E-state index contributed by atoms with van der Waals surface area (Å²) in [6.45, 7) is 3.49. The number of aryl methyl sites for hydroxylation is 2. The summed E-state index contributed by atoms with van der Waals surface area (Å²) in [4.78, 5) is 23.4. The van der Waals surface area contributed by atoms with Crippen LogP contribution in [0, 0.1) is 13.8 Å². The minimum Gasteiger partial charge on any atom is -0.306 e. The molecule has 0 saturated carbocycles. The molecule has 7 heteroatoms. The molecule has 0 aliphatic heterocycles. The summed E-state index contributed by atoms with van der Waals surface area (Å²) in [5, 5.41) is 11.4. The van der Waals surface area contributed by atoms with Gasteiger partial charge in [-0.15, -0.1) is 10.2 Å². The molecule has 2 rings (SSSR count). The fourth-order valence-electron chi connectivity index (χ4n) is 1.44. The summed E-state index contributed by atoms with van der Waals surface area (Å²) in [5.74, 6) is -0.293. The first-order chi connectivity index (χ1) is 8.56. The molecule has 2 aromatic heterocycles. The van der Waals surface area contributed by atoms with Gasteiger partial charge in [0.2, 0.25) is 11.0 Å². The highest BCUT2D eigenvalue weighted by molar-refractivity contribution is 7.15. The Morgan fingerprint density at radius 3 is 2.89 bits per heavy atom. The molecule has 0 aliphatic rings. The van der Waals surface area contributed by atoms with Gasteiger partial charge < -0.3 is 4.57 Å². The first kappa shape index (κ1) is 12.4. The average molecular weight is 264 g/mol. The van der Waals surface area contributed by atoms with E-state index >= 15 is 0 Å². The van der Waals surface area contributed by atoms with Crippen molar-refractivity contribution in [2.75, 3.05) is 5.32 Å². The van der Waals surface area contributed by atoms with E-state index in [1.807, 2.05) is 0 Å². The highest BCUT2D eigenvalue weighted by Gasteiger charge is 2.08. The smallest absolute Gasteiger partial charge is 0.253 e. The van der Waals surface area contributed by atoms with Crippen LogP contribution in [0.25, 0.3) is 0 Å². The maximum atomic E-state index is 11.7. The van der Waals surface area contributed by atoms with E-state index in [4.69, 9.17) is 0 Å². The van der Waals surface area contributed by atoms with Gasteiger partial charge in [0.05, 0.1) is 0 Å². The molecule has 0 spiro atoms. The molecule has 0 fully saturated rings. The van der Waals surface area contributed by atoms with Crippen molar-refractivity contribution in [3.63, 3.8) is 0 Å². The van der Waals surface area contributed by atoms with E-state index in [0.29, 0.717) is 10.7 Å². The molecule has 0 radical (unpaired) electrons. The zero-order valence-corrected chi connectivity index (χ0v) is 10.8. The maximum Gasteiger partial charge on any atom is 0.253 e. The highest BCUT2D eigenvalue weighted by Crippen LogP contribution is 2.13. The van der Waals surface area contributed by atoms with Crippen molar-refractivity contribution >= 4 is 22.4 Å². The highest BCUT2D eigenvalue weighted by atomic mass is 32.1. The van der Waals surface area contributed by atoms with E-state index in [0.717, 1.165) is 5.01 Å². The number of rotatable bonds is 3. The number of hydrogen-bond acceptors (Lipinski definition) is 5. The van der Waals surface area contributed by atoms with Gasteiger partial charge in [0.15, 0.2) is 0 Å². The lowest BCUT2D eigenvalue weighted by Crippen LogP contribution is -2.28. The van der Waals surface area contributed by atoms with E-state index in [9.17, 15) is 9.59 Å². The van der Waals surface area contributed by atoms with Crippen LogP contribution in [0.2, 0.25) is 0 Å². The summed E-state index contributed by atoms with van der Waals surface area (Å²) >= 11 is 1.29. The monoisotopic (exact) mass is 264 g/mol. The maximum absolute atomic E-state index is 11.7. The summed E-state index contributed by atoms with van der Waals surface area (Å²) in [7, 11) is 0. The minimum absolute atomic E-state index is 0.0286. The molecule has 0 aromatic carbocycles. The molecule has 0 bridgehead atoms. The van der Waals surface area contributed by atoms with E-state index in [2.05, 4.69) is 15.5 Å². The van der Waals surface area contributed by atoms with Crippen LogP contribution in [0.1, 0.15) is 10.6 Å². The number of anilines is 1. The van der Waals surface area contributed by atoms with Gasteiger partial charge in [0.25, 0.3) is 5.56 Å². The Balaban J connectivity index is 2.08. The number of pyridine rings is 1. The summed E-state index contributed by atoms with van der Waals surface area (Å²) in [6.07, 6.45) is 1.58. The van der Waals surface area contributed by atoms with Gasteiger partial charge in [-0.05, 0) is 19.9 Å². The Labute approximate surface area is 107 Å². The Hall–Kier alpha value is -2.02. The quantitative estimate of drug-likeness (QED) is 0.895. The summed E-state index contributed by atoms with van der Waals surface area (Å²) in [5.41, 5.74) is 0.443. The molecule has 6 nitrogen and oxygen atoms in total. The molecule has 18 heavy (non-hydrogen) atoms. The topological polar surface area (TPSA) is 76.9 Å². The van der Waals surface area contributed by atoms with Crippen LogP contribution in [0.3, 0.4) is 0 Å². The second-order valence-corrected chi connectivity index (χ2v) is 4.98. The molecular formula is C11H12N4O2S. The van der Waals surface area contributed by atoms with Crippen LogP contribution < -0.4 is 10.9 Å². The van der Waals surface area contributed by atoms with E-state index in [-0.39, 0.29) is 18.0 Å². The van der Waals surface area contributed by atoms with Gasteiger partial charge in [-0.1, -0.05) is 17.4 Å². The lowest BCUT2D eigenvalue weighted by atomic mass is 10.3. The minimum atomic E-state index is -0.293. The Bertz CT molecular complexity index is 632. The van der Waals surface area contributed by atoms with Crippen molar-refractivity contribution < 1.29 is 4.79 Å². The molecule has 0 saturated heterocycles. The zero-order chi connectivity index (χ0) is 13.1.